The molecule has 1 aliphatic heterocycles. The first kappa shape index (κ1) is 13.9. The van der Waals surface area contributed by atoms with Gasteiger partial charge in [-0.3, -0.25) is 4.79 Å². The lowest BCUT2D eigenvalue weighted by molar-refractivity contribution is 0.0117. The van der Waals surface area contributed by atoms with Crippen LogP contribution in [0.25, 0.3) is 0 Å². The van der Waals surface area contributed by atoms with Crippen molar-refractivity contribution in [2.75, 3.05) is 13.2 Å². The standard InChI is InChI=1S/C14H17F2NO2/c15-12-6-3-5-11(13(12)16)14(18)17-8-7-10-4-1-2-9-19-10/h3,5-6,10H,1-2,4,7-9H2,(H,17,18). The maximum absolute atomic E-state index is 13.4. The second-order valence-electron chi connectivity index (χ2n) is 4.63. The molecule has 5 heteroatoms. The van der Waals surface area contributed by atoms with Gasteiger partial charge in [0.25, 0.3) is 5.91 Å². The van der Waals surface area contributed by atoms with Crippen LogP contribution >= 0.6 is 0 Å². The van der Waals surface area contributed by atoms with Gasteiger partial charge < -0.3 is 10.1 Å². The molecule has 19 heavy (non-hydrogen) atoms. The highest BCUT2D eigenvalue weighted by molar-refractivity contribution is 5.94. The number of carbonyl (C=O) groups excluding carboxylic acids is 1. The fraction of sp³-hybridized carbons (Fsp3) is 0.500. The van der Waals surface area contributed by atoms with E-state index in [1.165, 1.54) is 12.1 Å². The molecule has 3 nitrogen and oxygen atoms in total. The Kier molecular flexibility index (Phi) is 4.85. The number of ether oxygens (including phenoxy) is 1. The van der Waals surface area contributed by atoms with E-state index in [1.54, 1.807) is 0 Å². The number of halogens is 2. The average Bonchev–Trinajstić information content (AvgIpc) is 2.43. The minimum Gasteiger partial charge on any atom is -0.378 e. The average molecular weight is 269 g/mol. The van der Waals surface area contributed by atoms with E-state index in [2.05, 4.69) is 5.32 Å². The molecule has 0 aromatic heterocycles. The van der Waals surface area contributed by atoms with E-state index < -0.39 is 17.5 Å². The number of benzene rings is 1. The van der Waals surface area contributed by atoms with Crippen molar-refractivity contribution >= 4 is 5.91 Å². The molecule has 1 aromatic carbocycles. The molecular weight excluding hydrogens is 252 g/mol. The fourth-order valence-electron chi connectivity index (χ4n) is 2.16. The summed E-state index contributed by atoms with van der Waals surface area (Å²) >= 11 is 0. The molecule has 1 fully saturated rings. The van der Waals surface area contributed by atoms with Crippen molar-refractivity contribution in [1.29, 1.82) is 0 Å². The molecule has 0 aliphatic carbocycles. The molecule has 1 saturated heterocycles. The first-order chi connectivity index (χ1) is 9.18. The molecule has 1 N–H and O–H groups in total. The van der Waals surface area contributed by atoms with Crippen LogP contribution in [0.3, 0.4) is 0 Å². The summed E-state index contributed by atoms with van der Waals surface area (Å²) in [6.45, 7) is 1.16. The van der Waals surface area contributed by atoms with E-state index in [0.717, 1.165) is 31.9 Å². The van der Waals surface area contributed by atoms with Crippen molar-refractivity contribution in [3.8, 4) is 0 Å². The molecule has 0 radical (unpaired) electrons. The monoisotopic (exact) mass is 269 g/mol. The predicted molar refractivity (Wildman–Crippen MR) is 66.9 cm³/mol. The highest BCUT2D eigenvalue weighted by Crippen LogP contribution is 2.15. The lowest BCUT2D eigenvalue weighted by Gasteiger charge is -2.22. The van der Waals surface area contributed by atoms with Crippen LogP contribution < -0.4 is 5.32 Å². The molecule has 104 valence electrons. The van der Waals surface area contributed by atoms with Crippen molar-refractivity contribution < 1.29 is 18.3 Å². The summed E-state index contributed by atoms with van der Waals surface area (Å²) in [5.74, 6) is -2.70. The quantitative estimate of drug-likeness (QED) is 0.912. The van der Waals surface area contributed by atoms with Crippen molar-refractivity contribution in [3.63, 3.8) is 0 Å². The number of hydrogen-bond acceptors (Lipinski definition) is 2. The molecule has 2 rings (SSSR count). The summed E-state index contributed by atoms with van der Waals surface area (Å²) < 4.78 is 31.9. The Morgan fingerprint density at radius 2 is 2.21 bits per heavy atom. The third kappa shape index (κ3) is 3.73. The smallest absolute Gasteiger partial charge is 0.254 e. The van der Waals surface area contributed by atoms with E-state index in [1.807, 2.05) is 0 Å². The number of amides is 1. The molecule has 1 heterocycles. The lowest BCUT2D eigenvalue weighted by atomic mass is 10.1. The fourth-order valence-corrected chi connectivity index (χ4v) is 2.16. The molecule has 1 amide bonds. The van der Waals surface area contributed by atoms with Crippen molar-refractivity contribution in [3.05, 3.63) is 35.4 Å². The van der Waals surface area contributed by atoms with Crippen molar-refractivity contribution in [1.82, 2.24) is 5.32 Å². The zero-order valence-corrected chi connectivity index (χ0v) is 10.6. The Labute approximate surface area is 111 Å². The Morgan fingerprint density at radius 3 is 2.95 bits per heavy atom. The van der Waals surface area contributed by atoms with Gasteiger partial charge in [-0.1, -0.05) is 6.07 Å². The van der Waals surface area contributed by atoms with Gasteiger partial charge in [-0.05, 0) is 37.8 Å². The van der Waals surface area contributed by atoms with Crippen LogP contribution in [0.4, 0.5) is 8.78 Å². The van der Waals surface area contributed by atoms with E-state index in [4.69, 9.17) is 4.74 Å². The highest BCUT2D eigenvalue weighted by atomic mass is 19.2. The van der Waals surface area contributed by atoms with Crippen LogP contribution in [0.1, 0.15) is 36.0 Å². The van der Waals surface area contributed by atoms with Gasteiger partial charge in [0.2, 0.25) is 0 Å². The zero-order chi connectivity index (χ0) is 13.7. The largest absolute Gasteiger partial charge is 0.378 e. The van der Waals surface area contributed by atoms with E-state index in [-0.39, 0.29) is 11.7 Å². The van der Waals surface area contributed by atoms with Gasteiger partial charge in [0.1, 0.15) is 0 Å². The van der Waals surface area contributed by atoms with Crippen molar-refractivity contribution in [2.45, 2.75) is 31.8 Å². The highest BCUT2D eigenvalue weighted by Gasteiger charge is 2.16. The van der Waals surface area contributed by atoms with Gasteiger partial charge >= 0.3 is 0 Å². The maximum atomic E-state index is 13.4. The summed E-state index contributed by atoms with van der Waals surface area (Å²) in [4.78, 5) is 11.7. The minimum atomic E-state index is -1.10. The van der Waals surface area contributed by atoms with E-state index in [0.29, 0.717) is 13.0 Å². The summed E-state index contributed by atoms with van der Waals surface area (Å²) in [6, 6.07) is 3.57. The number of carbonyl (C=O) groups is 1. The SMILES string of the molecule is O=C(NCCC1CCCCO1)c1cccc(F)c1F. The van der Waals surface area contributed by atoms with Gasteiger partial charge in [0, 0.05) is 13.2 Å². The Hall–Kier alpha value is -1.49. The van der Waals surface area contributed by atoms with Crippen LogP contribution in [0, 0.1) is 11.6 Å². The molecule has 1 aromatic rings. The molecule has 1 aliphatic rings. The van der Waals surface area contributed by atoms with E-state index >= 15 is 0 Å². The van der Waals surface area contributed by atoms with Gasteiger partial charge in [0.15, 0.2) is 11.6 Å². The Bertz CT molecular complexity index is 445. The zero-order valence-electron chi connectivity index (χ0n) is 10.6. The normalized spacial score (nSPS) is 19.2. The third-order valence-electron chi connectivity index (χ3n) is 3.22. The number of nitrogens with one attached hydrogen (secondary N) is 1. The lowest BCUT2D eigenvalue weighted by Crippen LogP contribution is -2.30. The molecule has 1 atom stereocenters. The van der Waals surface area contributed by atoms with Gasteiger partial charge in [0.05, 0.1) is 11.7 Å². The second kappa shape index (κ2) is 6.61. The predicted octanol–water partition coefficient (Wildman–Crippen LogP) is 2.65. The maximum Gasteiger partial charge on any atom is 0.254 e. The van der Waals surface area contributed by atoms with Crippen LogP contribution in [-0.4, -0.2) is 25.2 Å². The Morgan fingerprint density at radius 1 is 1.37 bits per heavy atom. The summed E-state index contributed by atoms with van der Waals surface area (Å²) in [7, 11) is 0. The van der Waals surface area contributed by atoms with Crippen LogP contribution in [0.5, 0.6) is 0 Å². The van der Waals surface area contributed by atoms with Crippen LogP contribution in [-0.2, 0) is 4.74 Å². The van der Waals surface area contributed by atoms with Crippen LogP contribution in [0.15, 0.2) is 18.2 Å². The molecule has 0 saturated carbocycles. The molecule has 0 spiro atoms. The van der Waals surface area contributed by atoms with Gasteiger partial charge in [-0.15, -0.1) is 0 Å². The van der Waals surface area contributed by atoms with Gasteiger partial charge in [-0.2, -0.15) is 0 Å². The minimum absolute atomic E-state index is 0.159. The Balaban J connectivity index is 1.82. The molecule has 1 unspecified atom stereocenters. The number of rotatable bonds is 4. The number of hydrogen-bond donors (Lipinski definition) is 1. The topological polar surface area (TPSA) is 38.3 Å². The summed E-state index contributed by atoms with van der Waals surface area (Å²) in [5.41, 5.74) is -0.260. The van der Waals surface area contributed by atoms with Crippen LogP contribution in [0.2, 0.25) is 0 Å². The third-order valence-corrected chi connectivity index (χ3v) is 3.22. The first-order valence-corrected chi connectivity index (χ1v) is 6.52. The molecule has 0 bridgehead atoms. The van der Waals surface area contributed by atoms with Crippen molar-refractivity contribution in [2.24, 2.45) is 0 Å². The molecular formula is C14H17F2NO2. The van der Waals surface area contributed by atoms with E-state index in [9.17, 15) is 13.6 Å². The summed E-state index contributed by atoms with van der Waals surface area (Å²) in [5, 5.41) is 2.59. The second-order valence-corrected chi connectivity index (χ2v) is 4.63. The first-order valence-electron chi connectivity index (χ1n) is 6.52. The van der Waals surface area contributed by atoms with Gasteiger partial charge in [-0.25, -0.2) is 8.78 Å². The summed E-state index contributed by atoms with van der Waals surface area (Å²) in [6.07, 6.45) is 4.06.